The van der Waals surface area contributed by atoms with Gasteiger partial charge in [0.25, 0.3) is 5.91 Å². The predicted molar refractivity (Wildman–Crippen MR) is 93.2 cm³/mol. The van der Waals surface area contributed by atoms with Gasteiger partial charge in [0.2, 0.25) is 0 Å². The van der Waals surface area contributed by atoms with Crippen molar-refractivity contribution in [1.29, 1.82) is 0 Å². The zero-order valence-electron chi connectivity index (χ0n) is 13.4. The van der Waals surface area contributed by atoms with E-state index in [9.17, 15) is 9.18 Å². The van der Waals surface area contributed by atoms with Crippen LogP contribution in [0.2, 0.25) is 0 Å². The molecule has 3 nitrogen and oxygen atoms in total. The number of nitrogens with zero attached hydrogens (tertiary/aromatic N) is 1. The summed E-state index contributed by atoms with van der Waals surface area (Å²) in [7, 11) is 0. The Morgan fingerprint density at radius 2 is 1.92 bits per heavy atom. The van der Waals surface area contributed by atoms with Crippen LogP contribution in [0.4, 0.5) is 10.1 Å². The Kier molecular flexibility index (Phi) is 5.39. The fourth-order valence-corrected chi connectivity index (χ4v) is 2.75. The summed E-state index contributed by atoms with van der Waals surface area (Å²) >= 11 is 0. The van der Waals surface area contributed by atoms with Crippen molar-refractivity contribution in [3.8, 4) is 0 Å². The third-order valence-electron chi connectivity index (χ3n) is 4.09. The minimum Gasteiger partial charge on any atom is -0.381 e. The van der Waals surface area contributed by atoms with Gasteiger partial charge >= 0.3 is 0 Å². The van der Waals surface area contributed by atoms with Gasteiger partial charge in [0.1, 0.15) is 5.82 Å². The fourth-order valence-electron chi connectivity index (χ4n) is 2.75. The molecule has 0 radical (unpaired) electrons. The minimum absolute atomic E-state index is 0.0857. The van der Waals surface area contributed by atoms with E-state index in [0.717, 1.165) is 24.3 Å². The van der Waals surface area contributed by atoms with Crippen molar-refractivity contribution >= 4 is 17.7 Å². The summed E-state index contributed by atoms with van der Waals surface area (Å²) in [6.07, 6.45) is 4.22. The molecule has 124 valence electrons. The molecule has 4 heteroatoms. The van der Waals surface area contributed by atoms with Gasteiger partial charge in [-0.15, -0.1) is 0 Å². The second-order valence-electron chi connectivity index (χ2n) is 5.90. The third-order valence-corrected chi connectivity index (χ3v) is 4.09. The predicted octanol–water partition coefficient (Wildman–Crippen LogP) is 3.91. The molecule has 1 heterocycles. The van der Waals surface area contributed by atoms with Gasteiger partial charge in [0, 0.05) is 30.8 Å². The first kappa shape index (κ1) is 16.4. The molecule has 1 fully saturated rings. The number of anilines is 1. The van der Waals surface area contributed by atoms with Gasteiger partial charge in [-0.05, 0) is 42.3 Å². The molecule has 2 aromatic rings. The van der Waals surface area contributed by atoms with Crippen LogP contribution in [0.1, 0.15) is 12.0 Å². The molecule has 0 spiro atoms. The van der Waals surface area contributed by atoms with Crippen LogP contribution in [-0.4, -0.2) is 25.7 Å². The van der Waals surface area contributed by atoms with E-state index in [4.69, 9.17) is 4.74 Å². The summed E-state index contributed by atoms with van der Waals surface area (Å²) in [6, 6.07) is 15.7. The number of rotatable bonds is 5. The molecule has 1 saturated heterocycles. The zero-order valence-corrected chi connectivity index (χ0v) is 13.4. The number of hydrogen-bond acceptors (Lipinski definition) is 2. The van der Waals surface area contributed by atoms with E-state index < -0.39 is 0 Å². The van der Waals surface area contributed by atoms with Crippen molar-refractivity contribution in [2.24, 2.45) is 5.92 Å². The first-order valence-electron chi connectivity index (χ1n) is 8.10. The van der Waals surface area contributed by atoms with Crippen LogP contribution < -0.4 is 4.90 Å². The number of hydrogen-bond donors (Lipinski definition) is 0. The molecule has 0 bridgehead atoms. The van der Waals surface area contributed by atoms with Crippen LogP contribution in [0.25, 0.3) is 6.08 Å². The summed E-state index contributed by atoms with van der Waals surface area (Å²) in [6.45, 7) is 2.09. The van der Waals surface area contributed by atoms with Crippen LogP contribution >= 0.6 is 0 Å². The van der Waals surface area contributed by atoms with Gasteiger partial charge in [0.05, 0.1) is 6.61 Å². The third kappa shape index (κ3) is 4.30. The average Bonchev–Trinajstić information content (AvgIpc) is 3.13. The summed E-state index contributed by atoms with van der Waals surface area (Å²) in [4.78, 5) is 14.5. The lowest BCUT2D eigenvalue weighted by molar-refractivity contribution is -0.114. The maximum atomic E-state index is 13.0. The molecule has 1 aliphatic heterocycles. The largest absolute Gasteiger partial charge is 0.381 e. The van der Waals surface area contributed by atoms with Crippen LogP contribution in [0.5, 0.6) is 0 Å². The van der Waals surface area contributed by atoms with E-state index in [1.807, 2.05) is 30.3 Å². The van der Waals surface area contributed by atoms with E-state index in [1.54, 1.807) is 23.1 Å². The van der Waals surface area contributed by atoms with Gasteiger partial charge in [0.15, 0.2) is 0 Å². The highest BCUT2D eigenvalue weighted by molar-refractivity contribution is 6.03. The molecule has 1 aliphatic rings. The summed E-state index contributed by atoms with van der Waals surface area (Å²) < 4.78 is 18.4. The molecule has 0 aromatic heterocycles. The SMILES string of the molecule is O=C(/C=C\c1ccc(F)cc1)N(C[C@@H]1CCOC1)c1ccccc1. The van der Waals surface area contributed by atoms with Crippen molar-refractivity contribution in [3.63, 3.8) is 0 Å². The second-order valence-corrected chi connectivity index (χ2v) is 5.90. The lowest BCUT2D eigenvalue weighted by atomic mass is 10.1. The number of benzene rings is 2. The summed E-state index contributed by atoms with van der Waals surface area (Å²) in [5, 5.41) is 0. The van der Waals surface area contributed by atoms with Gasteiger partial charge in [-0.3, -0.25) is 4.79 Å². The molecule has 0 saturated carbocycles. The smallest absolute Gasteiger partial charge is 0.250 e. The molecule has 0 N–H and O–H groups in total. The Labute approximate surface area is 141 Å². The lowest BCUT2D eigenvalue weighted by Crippen LogP contribution is -2.34. The van der Waals surface area contributed by atoms with Crippen molar-refractivity contribution < 1.29 is 13.9 Å². The van der Waals surface area contributed by atoms with Crippen LogP contribution in [0.15, 0.2) is 60.7 Å². The van der Waals surface area contributed by atoms with Gasteiger partial charge < -0.3 is 9.64 Å². The van der Waals surface area contributed by atoms with Gasteiger partial charge in [-0.1, -0.05) is 30.3 Å². The highest BCUT2D eigenvalue weighted by Gasteiger charge is 2.22. The molecule has 24 heavy (non-hydrogen) atoms. The Morgan fingerprint density at radius 1 is 1.17 bits per heavy atom. The molecule has 0 aliphatic carbocycles. The van der Waals surface area contributed by atoms with Crippen molar-refractivity contribution in [2.75, 3.05) is 24.7 Å². The topological polar surface area (TPSA) is 29.5 Å². The average molecular weight is 325 g/mol. The first-order valence-corrected chi connectivity index (χ1v) is 8.10. The summed E-state index contributed by atoms with van der Waals surface area (Å²) in [5.74, 6) is -0.0172. The Morgan fingerprint density at radius 3 is 2.58 bits per heavy atom. The minimum atomic E-state index is -0.286. The normalized spacial score (nSPS) is 17.3. The Hall–Kier alpha value is -2.46. The Bertz CT molecular complexity index is 691. The monoisotopic (exact) mass is 325 g/mol. The zero-order chi connectivity index (χ0) is 16.8. The van der Waals surface area contributed by atoms with Crippen molar-refractivity contribution in [1.82, 2.24) is 0 Å². The van der Waals surface area contributed by atoms with E-state index in [0.29, 0.717) is 19.1 Å². The van der Waals surface area contributed by atoms with Gasteiger partial charge in [-0.25, -0.2) is 4.39 Å². The number of carbonyl (C=O) groups is 1. The maximum absolute atomic E-state index is 13.0. The van der Waals surface area contributed by atoms with Crippen LogP contribution in [0.3, 0.4) is 0 Å². The molecule has 0 unspecified atom stereocenters. The quantitative estimate of drug-likeness (QED) is 0.780. The highest BCUT2D eigenvalue weighted by Crippen LogP contribution is 2.20. The molecule has 2 aromatic carbocycles. The lowest BCUT2D eigenvalue weighted by Gasteiger charge is -2.24. The molecular weight excluding hydrogens is 305 g/mol. The maximum Gasteiger partial charge on any atom is 0.250 e. The number of halogens is 1. The van der Waals surface area contributed by atoms with E-state index in [1.165, 1.54) is 18.2 Å². The second kappa shape index (κ2) is 7.88. The molecular formula is C20H20FNO2. The van der Waals surface area contributed by atoms with Crippen molar-refractivity contribution in [3.05, 3.63) is 72.1 Å². The molecule has 3 rings (SSSR count). The number of carbonyl (C=O) groups excluding carboxylic acids is 1. The highest BCUT2D eigenvalue weighted by atomic mass is 19.1. The molecule has 1 amide bonds. The number of ether oxygens (including phenoxy) is 1. The van der Waals surface area contributed by atoms with Crippen LogP contribution in [-0.2, 0) is 9.53 Å². The van der Waals surface area contributed by atoms with Gasteiger partial charge in [-0.2, -0.15) is 0 Å². The van der Waals surface area contributed by atoms with E-state index in [2.05, 4.69) is 0 Å². The number of para-hydroxylation sites is 1. The first-order chi connectivity index (χ1) is 11.7. The standard InChI is InChI=1S/C20H20FNO2/c21-18-9-6-16(7-10-18)8-11-20(23)22(14-17-12-13-24-15-17)19-4-2-1-3-5-19/h1-11,17H,12-15H2/b11-8-/t17-/m0/s1. The van der Waals surface area contributed by atoms with Crippen molar-refractivity contribution in [2.45, 2.75) is 6.42 Å². The fraction of sp³-hybridized carbons (Fsp3) is 0.250. The molecule has 1 atom stereocenters. The van der Waals surface area contributed by atoms with E-state index >= 15 is 0 Å². The van der Waals surface area contributed by atoms with Crippen LogP contribution in [0, 0.1) is 11.7 Å². The Balaban J connectivity index is 1.76. The summed E-state index contributed by atoms with van der Waals surface area (Å²) in [5.41, 5.74) is 1.67. The number of amides is 1. The van der Waals surface area contributed by atoms with E-state index in [-0.39, 0.29) is 11.7 Å².